The van der Waals surface area contributed by atoms with Gasteiger partial charge in [-0.1, -0.05) is 49.2 Å². The SMILES string of the molecule is CC.Cc1cc(CNc2ccc(Cl)c(CN3CCC(C(=O)O)C3)c2)ccc1Cl.FC(F)F. The number of rotatable bonds is 6. The summed E-state index contributed by atoms with van der Waals surface area (Å²) >= 11 is 12.4. The van der Waals surface area contributed by atoms with Crippen LogP contribution in [-0.2, 0) is 17.9 Å². The normalized spacial score (nSPS) is 15.5. The number of likely N-dealkylation sites (tertiary alicyclic amines) is 1. The smallest absolute Gasteiger partial charge is 0.379 e. The van der Waals surface area contributed by atoms with Gasteiger partial charge in [0, 0.05) is 35.4 Å². The van der Waals surface area contributed by atoms with E-state index < -0.39 is 12.6 Å². The molecule has 4 nitrogen and oxygen atoms in total. The fourth-order valence-electron chi connectivity index (χ4n) is 3.25. The monoisotopic (exact) mass is 492 g/mol. The molecule has 3 rings (SSSR count). The van der Waals surface area contributed by atoms with Gasteiger partial charge in [0.1, 0.15) is 0 Å². The second kappa shape index (κ2) is 14.2. The molecular weight excluding hydrogens is 464 g/mol. The summed E-state index contributed by atoms with van der Waals surface area (Å²) in [6, 6.07) is 11.9. The number of nitrogens with one attached hydrogen (secondary N) is 1. The third-order valence-electron chi connectivity index (χ3n) is 4.78. The lowest BCUT2D eigenvalue weighted by atomic mass is 10.1. The van der Waals surface area contributed by atoms with Gasteiger partial charge in [-0.25, -0.2) is 0 Å². The first-order valence-corrected chi connectivity index (χ1v) is 11.1. The highest BCUT2D eigenvalue weighted by atomic mass is 35.5. The molecule has 178 valence electrons. The van der Waals surface area contributed by atoms with Crippen molar-refractivity contribution in [3.05, 3.63) is 63.1 Å². The zero-order valence-corrected chi connectivity index (χ0v) is 19.9. The van der Waals surface area contributed by atoms with Crippen molar-refractivity contribution in [3.63, 3.8) is 0 Å². The minimum atomic E-state index is -3.67. The largest absolute Gasteiger partial charge is 0.481 e. The first-order chi connectivity index (χ1) is 15.2. The van der Waals surface area contributed by atoms with Crippen LogP contribution in [0.25, 0.3) is 0 Å². The quantitative estimate of drug-likeness (QED) is 0.454. The molecule has 1 saturated heterocycles. The van der Waals surface area contributed by atoms with E-state index >= 15 is 0 Å². The number of carbonyl (C=O) groups is 1. The standard InChI is InChI=1S/C20H22Cl2N2O2.C2H6.CHF3/c1-13-8-14(2-4-18(13)21)10-23-17-3-5-19(22)16(9-17)12-24-7-6-15(11-24)20(25)26;1-2;2-1(3)4/h2-5,8-9,15,23H,6-7,10-12H2,1H3,(H,25,26);1-2H3;1H. The van der Waals surface area contributed by atoms with E-state index in [1.54, 1.807) is 0 Å². The number of alkyl halides is 3. The van der Waals surface area contributed by atoms with Gasteiger partial charge < -0.3 is 10.4 Å². The van der Waals surface area contributed by atoms with Gasteiger partial charge in [0.15, 0.2) is 0 Å². The summed E-state index contributed by atoms with van der Waals surface area (Å²) < 4.78 is 29.0. The van der Waals surface area contributed by atoms with Crippen LogP contribution in [0.1, 0.15) is 37.0 Å². The van der Waals surface area contributed by atoms with Crippen LogP contribution in [-0.4, -0.2) is 35.7 Å². The van der Waals surface area contributed by atoms with Crippen molar-refractivity contribution in [2.24, 2.45) is 5.92 Å². The van der Waals surface area contributed by atoms with Crippen molar-refractivity contribution in [1.82, 2.24) is 4.90 Å². The van der Waals surface area contributed by atoms with E-state index in [-0.39, 0.29) is 5.92 Å². The van der Waals surface area contributed by atoms with Crippen molar-refractivity contribution in [2.75, 3.05) is 18.4 Å². The number of hydrogen-bond donors (Lipinski definition) is 2. The van der Waals surface area contributed by atoms with E-state index in [0.29, 0.717) is 31.1 Å². The molecule has 1 heterocycles. The lowest BCUT2D eigenvalue weighted by Gasteiger charge is -2.17. The molecule has 0 radical (unpaired) electrons. The zero-order valence-electron chi connectivity index (χ0n) is 18.3. The van der Waals surface area contributed by atoms with Gasteiger partial charge in [0.25, 0.3) is 0 Å². The van der Waals surface area contributed by atoms with E-state index in [1.807, 2.05) is 51.1 Å². The summed E-state index contributed by atoms with van der Waals surface area (Å²) in [5, 5.41) is 14.0. The molecule has 2 N–H and O–H groups in total. The van der Waals surface area contributed by atoms with E-state index in [2.05, 4.69) is 16.3 Å². The summed E-state index contributed by atoms with van der Waals surface area (Å²) in [4.78, 5) is 13.3. The van der Waals surface area contributed by atoms with E-state index in [0.717, 1.165) is 33.9 Å². The Morgan fingerprint density at radius 2 is 1.78 bits per heavy atom. The van der Waals surface area contributed by atoms with Crippen LogP contribution in [0.5, 0.6) is 0 Å². The summed E-state index contributed by atoms with van der Waals surface area (Å²) in [7, 11) is 0. The van der Waals surface area contributed by atoms with Crippen molar-refractivity contribution < 1.29 is 23.1 Å². The number of carboxylic acid groups (broad SMARTS) is 1. The molecule has 1 atom stereocenters. The Hall–Kier alpha value is -1.96. The third-order valence-corrected chi connectivity index (χ3v) is 5.57. The molecule has 1 unspecified atom stereocenters. The Labute approximate surface area is 197 Å². The van der Waals surface area contributed by atoms with Crippen LogP contribution in [0.3, 0.4) is 0 Å². The number of aryl methyl sites for hydroxylation is 1. The summed E-state index contributed by atoms with van der Waals surface area (Å²) in [5.41, 5.74) is 4.22. The second-order valence-electron chi connectivity index (χ2n) is 7.05. The Morgan fingerprint density at radius 3 is 2.34 bits per heavy atom. The molecule has 0 aliphatic carbocycles. The van der Waals surface area contributed by atoms with Crippen molar-refractivity contribution in [3.8, 4) is 0 Å². The Bertz CT molecular complexity index is 866. The number of hydrogen-bond acceptors (Lipinski definition) is 3. The lowest BCUT2D eigenvalue weighted by Crippen LogP contribution is -2.23. The van der Waals surface area contributed by atoms with Crippen LogP contribution in [0.2, 0.25) is 10.0 Å². The van der Waals surface area contributed by atoms with Gasteiger partial charge in [-0.2, -0.15) is 13.2 Å². The number of anilines is 1. The van der Waals surface area contributed by atoms with Crippen molar-refractivity contribution in [2.45, 2.75) is 47.0 Å². The average molecular weight is 493 g/mol. The summed E-state index contributed by atoms with van der Waals surface area (Å²) in [6.45, 7) is 5.05. The molecule has 1 aliphatic heterocycles. The van der Waals surface area contributed by atoms with Crippen molar-refractivity contribution >= 4 is 34.9 Å². The summed E-state index contributed by atoms with van der Waals surface area (Å²) in [5.74, 6) is -0.990. The predicted octanol–water partition coefficient (Wildman–Crippen LogP) is 7.03. The Kier molecular flexibility index (Phi) is 12.5. The zero-order chi connectivity index (χ0) is 24.3. The third kappa shape index (κ3) is 9.67. The molecule has 2 aromatic rings. The topological polar surface area (TPSA) is 52.6 Å². The van der Waals surface area contributed by atoms with Gasteiger partial charge >= 0.3 is 12.6 Å². The van der Waals surface area contributed by atoms with Crippen LogP contribution in [0, 0.1) is 12.8 Å². The maximum atomic E-state index is 11.1. The first kappa shape index (κ1) is 28.1. The molecule has 0 aromatic heterocycles. The maximum absolute atomic E-state index is 11.1. The maximum Gasteiger partial charge on any atom is 0.379 e. The molecule has 1 fully saturated rings. The number of halogens is 5. The fraction of sp³-hybridized carbons (Fsp3) is 0.435. The molecule has 0 bridgehead atoms. The summed E-state index contributed by atoms with van der Waals surface area (Å²) in [6.07, 6.45) is 0.695. The molecule has 2 aromatic carbocycles. The number of benzene rings is 2. The molecule has 32 heavy (non-hydrogen) atoms. The van der Waals surface area contributed by atoms with Crippen LogP contribution >= 0.6 is 23.2 Å². The molecule has 0 amide bonds. The fourth-order valence-corrected chi connectivity index (χ4v) is 3.54. The van der Waals surface area contributed by atoms with Gasteiger partial charge in [0.2, 0.25) is 0 Å². The lowest BCUT2D eigenvalue weighted by molar-refractivity contribution is -0.141. The number of nitrogens with zero attached hydrogens (tertiary/aromatic N) is 1. The van der Waals surface area contributed by atoms with E-state index in [1.165, 1.54) is 0 Å². The highest BCUT2D eigenvalue weighted by molar-refractivity contribution is 6.31. The van der Waals surface area contributed by atoms with Gasteiger partial charge in [0.05, 0.1) is 5.92 Å². The van der Waals surface area contributed by atoms with Crippen LogP contribution in [0.4, 0.5) is 18.9 Å². The number of aliphatic carboxylic acids is 1. The Balaban J connectivity index is 0.000000769. The van der Waals surface area contributed by atoms with Crippen LogP contribution in [0.15, 0.2) is 36.4 Å². The second-order valence-corrected chi connectivity index (χ2v) is 7.86. The Morgan fingerprint density at radius 1 is 1.16 bits per heavy atom. The highest BCUT2D eigenvalue weighted by Crippen LogP contribution is 2.26. The van der Waals surface area contributed by atoms with E-state index in [4.69, 9.17) is 28.3 Å². The van der Waals surface area contributed by atoms with Gasteiger partial charge in [-0.05, 0) is 60.8 Å². The van der Waals surface area contributed by atoms with E-state index in [9.17, 15) is 18.0 Å². The minimum absolute atomic E-state index is 0.275. The first-order valence-electron chi connectivity index (χ1n) is 10.3. The van der Waals surface area contributed by atoms with Crippen LogP contribution < -0.4 is 5.32 Å². The predicted molar refractivity (Wildman–Crippen MR) is 124 cm³/mol. The molecular formula is C23H29Cl2F3N2O2. The minimum Gasteiger partial charge on any atom is -0.481 e. The van der Waals surface area contributed by atoms with Gasteiger partial charge in [-0.3, -0.25) is 9.69 Å². The van der Waals surface area contributed by atoms with Crippen molar-refractivity contribution in [1.29, 1.82) is 0 Å². The molecule has 0 saturated carbocycles. The number of carboxylic acids is 1. The highest BCUT2D eigenvalue weighted by Gasteiger charge is 2.28. The van der Waals surface area contributed by atoms with Gasteiger partial charge in [-0.15, -0.1) is 0 Å². The molecule has 1 aliphatic rings. The average Bonchev–Trinajstić information content (AvgIpc) is 3.21. The molecule has 9 heteroatoms. The molecule has 0 spiro atoms.